The zero-order chi connectivity index (χ0) is 12.5. The van der Waals surface area contributed by atoms with Gasteiger partial charge in [0.15, 0.2) is 0 Å². The number of benzene rings is 1. The molecule has 0 aliphatic carbocycles. The number of nitroso groups, excluding NO2 is 1. The minimum Gasteiger partial charge on any atom is -0.371 e. The number of nitrogens with zero attached hydrogens (tertiary/aromatic N) is 2. The van der Waals surface area contributed by atoms with E-state index in [0.29, 0.717) is 5.69 Å². The molecule has 1 aromatic carbocycles. The lowest BCUT2D eigenvalue weighted by molar-refractivity contribution is -0.146. The van der Waals surface area contributed by atoms with Crippen LogP contribution in [0.25, 0.3) is 0 Å². The van der Waals surface area contributed by atoms with Crippen molar-refractivity contribution in [1.82, 2.24) is 0 Å². The van der Waals surface area contributed by atoms with Crippen LogP contribution in [0, 0.1) is 4.91 Å². The van der Waals surface area contributed by atoms with E-state index >= 15 is 0 Å². The lowest BCUT2D eigenvalue weighted by atomic mass is 10.0. The summed E-state index contributed by atoms with van der Waals surface area (Å²) in [7, 11) is 0. The van der Waals surface area contributed by atoms with E-state index in [-0.39, 0.29) is 13.0 Å². The van der Waals surface area contributed by atoms with Crippen molar-refractivity contribution < 1.29 is 14.7 Å². The largest absolute Gasteiger partial charge is 0.371 e. The number of hydrogen-bond donors (Lipinski definition) is 1. The van der Waals surface area contributed by atoms with Gasteiger partial charge in [0.1, 0.15) is 0 Å². The summed E-state index contributed by atoms with van der Waals surface area (Å²) in [6.45, 7) is 0.181. The predicted molar refractivity (Wildman–Crippen MR) is 59.2 cm³/mol. The molecule has 1 fully saturated rings. The number of carbonyl (C=O) groups excluding carboxylic acids is 2. The van der Waals surface area contributed by atoms with Crippen LogP contribution >= 0.6 is 0 Å². The smallest absolute Gasteiger partial charge is 0.327 e. The molecule has 0 aromatic heterocycles. The second-order valence-electron chi connectivity index (χ2n) is 3.80. The van der Waals surface area contributed by atoms with Crippen LogP contribution in [0.5, 0.6) is 0 Å². The van der Waals surface area contributed by atoms with Crippen molar-refractivity contribution in [3.05, 3.63) is 35.2 Å². The molecular weight excluding hydrogens is 224 g/mol. The molecule has 17 heavy (non-hydrogen) atoms. The molecule has 0 spiro atoms. The van der Waals surface area contributed by atoms with Crippen LogP contribution in [0.3, 0.4) is 0 Å². The summed E-state index contributed by atoms with van der Waals surface area (Å²) >= 11 is 0. The molecular formula is C11H10N2O4. The second kappa shape index (κ2) is 4.06. The third-order valence-electron chi connectivity index (χ3n) is 2.80. The van der Waals surface area contributed by atoms with Crippen LogP contribution in [0.15, 0.2) is 35.5 Å². The van der Waals surface area contributed by atoms with E-state index in [0.717, 1.165) is 0 Å². The van der Waals surface area contributed by atoms with Gasteiger partial charge >= 0.3 is 5.91 Å². The van der Waals surface area contributed by atoms with Gasteiger partial charge in [0, 0.05) is 23.8 Å². The average molecular weight is 234 g/mol. The van der Waals surface area contributed by atoms with Crippen LogP contribution in [0.1, 0.15) is 6.42 Å². The molecule has 1 saturated heterocycles. The first-order valence-electron chi connectivity index (χ1n) is 5.07. The predicted octanol–water partition coefficient (Wildman–Crippen LogP) is 0.447. The van der Waals surface area contributed by atoms with Gasteiger partial charge in [0.25, 0.3) is 5.91 Å². The minimum atomic E-state index is -2.29. The highest BCUT2D eigenvalue weighted by Crippen LogP contribution is 2.28. The fraction of sp³-hybridized carbons (Fsp3) is 0.273. The molecule has 1 atom stereocenters. The van der Waals surface area contributed by atoms with Crippen molar-refractivity contribution in [2.45, 2.75) is 12.0 Å². The number of hydrogen-bond acceptors (Lipinski definition) is 4. The van der Waals surface area contributed by atoms with Crippen LogP contribution < -0.4 is 4.90 Å². The summed E-state index contributed by atoms with van der Waals surface area (Å²) in [5.74, 6) is -2.13. The number of rotatable bonds is 2. The molecule has 0 saturated carbocycles. The van der Waals surface area contributed by atoms with Crippen LogP contribution in [-0.2, 0) is 9.59 Å². The topological polar surface area (TPSA) is 87.0 Å². The van der Waals surface area contributed by atoms with Gasteiger partial charge in [-0.2, -0.15) is 0 Å². The Labute approximate surface area is 96.8 Å². The Morgan fingerprint density at radius 1 is 1.35 bits per heavy atom. The standard InChI is InChI=1S/C11H10N2O4/c14-9(12-17)11(16)6-7-13(10(11)15)8-4-2-1-3-5-8/h1-5,16H,6-7H2. The van der Waals surface area contributed by atoms with Gasteiger partial charge in [-0.15, -0.1) is 4.91 Å². The summed E-state index contributed by atoms with van der Waals surface area (Å²) in [6.07, 6.45) is -0.120. The second-order valence-corrected chi connectivity index (χ2v) is 3.80. The molecule has 1 aromatic rings. The van der Waals surface area contributed by atoms with Crippen molar-refractivity contribution in [2.75, 3.05) is 11.4 Å². The lowest BCUT2D eigenvalue weighted by Gasteiger charge is -2.18. The third kappa shape index (κ3) is 1.72. The Bertz CT molecular complexity index is 474. The minimum absolute atomic E-state index is 0.120. The van der Waals surface area contributed by atoms with E-state index in [4.69, 9.17) is 0 Å². The summed E-state index contributed by atoms with van der Waals surface area (Å²) in [6, 6.07) is 8.62. The summed E-state index contributed by atoms with van der Waals surface area (Å²) in [5.41, 5.74) is -1.72. The van der Waals surface area contributed by atoms with Crippen molar-refractivity contribution in [1.29, 1.82) is 0 Å². The third-order valence-corrected chi connectivity index (χ3v) is 2.80. The number of carbonyl (C=O) groups is 2. The van der Waals surface area contributed by atoms with Gasteiger partial charge < -0.3 is 10.0 Å². The van der Waals surface area contributed by atoms with Gasteiger partial charge in [0.05, 0.1) is 0 Å². The fourth-order valence-corrected chi connectivity index (χ4v) is 1.83. The van der Waals surface area contributed by atoms with Gasteiger partial charge in [-0.05, 0) is 12.1 Å². The maximum absolute atomic E-state index is 11.9. The first kappa shape index (κ1) is 11.4. The number of amides is 2. The zero-order valence-corrected chi connectivity index (χ0v) is 8.87. The van der Waals surface area contributed by atoms with Crippen molar-refractivity contribution in [3.8, 4) is 0 Å². The summed E-state index contributed by atoms with van der Waals surface area (Å²) in [5, 5.41) is 12.0. The van der Waals surface area contributed by atoms with Gasteiger partial charge in [-0.25, -0.2) is 0 Å². The van der Waals surface area contributed by atoms with Crippen molar-refractivity contribution >= 4 is 17.5 Å². The monoisotopic (exact) mass is 234 g/mol. The van der Waals surface area contributed by atoms with Crippen molar-refractivity contribution in [3.63, 3.8) is 0 Å². The highest BCUT2D eigenvalue weighted by molar-refractivity contribution is 6.16. The normalized spacial score (nSPS) is 23.8. The number of aliphatic hydroxyl groups is 1. The zero-order valence-electron chi connectivity index (χ0n) is 8.87. The molecule has 2 rings (SSSR count). The average Bonchev–Trinajstić information content (AvgIpc) is 2.67. The Balaban J connectivity index is 2.30. The van der Waals surface area contributed by atoms with E-state index in [9.17, 15) is 19.6 Å². The first-order chi connectivity index (χ1) is 8.09. The Kier molecular flexibility index (Phi) is 2.72. The van der Waals surface area contributed by atoms with Gasteiger partial charge in [0.2, 0.25) is 5.60 Å². The summed E-state index contributed by atoms with van der Waals surface area (Å²) in [4.78, 5) is 34.5. The molecule has 1 heterocycles. The van der Waals surface area contributed by atoms with E-state index in [1.807, 2.05) is 0 Å². The Hall–Kier alpha value is -2.08. The summed E-state index contributed by atoms with van der Waals surface area (Å²) < 4.78 is 0. The Morgan fingerprint density at radius 2 is 2.00 bits per heavy atom. The number of anilines is 1. The number of para-hydroxylation sites is 1. The first-order valence-corrected chi connectivity index (χ1v) is 5.07. The highest BCUT2D eigenvalue weighted by Gasteiger charge is 2.52. The molecule has 6 nitrogen and oxygen atoms in total. The molecule has 0 bridgehead atoms. The van der Waals surface area contributed by atoms with E-state index in [2.05, 4.69) is 5.18 Å². The van der Waals surface area contributed by atoms with Crippen LogP contribution in [-0.4, -0.2) is 29.1 Å². The van der Waals surface area contributed by atoms with Crippen molar-refractivity contribution in [2.24, 2.45) is 5.18 Å². The molecule has 6 heteroatoms. The highest BCUT2D eigenvalue weighted by atomic mass is 16.3. The molecule has 1 aliphatic heterocycles. The van der Waals surface area contributed by atoms with Gasteiger partial charge in [-0.3, -0.25) is 9.59 Å². The molecule has 2 amide bonds. The van der Waals surface area contributed by atoms with Crippen LogP contribution in [0.4, 0.5) is 5.69 Å². The Morgan fingerprint density at radius 3 is 2.59 bits per heavy atom. The van der Waals surface area contributed by atoms with Gasteiger partial charge in [-0.1, -0.05) is 18.2 Å². The van der Waals surface area contributed by atoms with E-state index in [1.54, 1.807) is 30.3 Å². The van der Waals surface area contributed by atoms with E-state index < -0.39 is 17.4 Å². The maximum atomic E-state index is 11.9. The quantitative estimate of drug-likeness (QED) is 0.594. The fourth-order valence-electron chi connectivity index (χ4n) is 1.83. The maximum Gasteiger partial charge on any atom is 0.327 e. The molecule has 1 N–H and O–H groups in total. The van der Waals surface area contributed by atoms with Crippen LogP contribution in [0.2, 0.25) is 0 Å². The molecule has 1 aliphatic rings. The lowest BCUT2D eigenvalue weighted by Crippen LogP contribution is -2.46. The molecule has 1 unspecified atom stereocenters. The molecule has 0 radical (unpaired) electrons. The SMILES string of the molecule is O=NC(=O)C1(O)CCN(c2ccccc2)C1=O. The molecule has 88 valence electrons. The van der Waals surface area contributed by atoms with E-state index in [1.165, 1.54) is 4.90 Å².